The fourth-order valence-electron chi connectivity index (χ4n) is 2.51. The number of hydrogen-bond acceptors (Lipinski definition) is 5. The minimum Gasteiger partial charge on any atom is -0.495 e. The topological polar surface area (TPSA) is 72.9 Å². The van der Waals surface area contributed by atoms with Gasteiger partial charge in [-0.15, -0.1) is 6.58 Å². The smallest absolute Gasteiger partial charge is 0.339 e. The normalized spacial score (nSPS) is 11.2. The summed E-state index contributed by atoms with van der Waals surface area (Å²) in [5.74, 6) is -0.300. The molecule has 0 bridgehead atoms. The number of ether oxygens (including phenoxy) is 2. The summed E-state index contributed by atoms with van der Waals surface area (Å²) in [4.78, 5) is 12.2. The predicted molar refractivity (Wildman–Crippen MR) is 110 cm³/mol. The van der Waals surface area contributed by atoms with Crippen LogP contribution in [0.25, 0.3) is 0 Å². The molecule has 0 saturated heterocycles. The first-order chi connectivity index (χ1) is 13.2. The van der Waals surface area contributed by atoms with Gasteiger partial charge in [0.15, 0.2) is 0 Å². The van der Waals surface area contributed by atoms with E-state index in [0.717, 1.165) is 4.31 Å². The van der Waals surface area contributed by atoms with Crippen molar-refractivity contribution in [1.82, 2.24) is 0 Å². The van der Waals surface area contributed by atoms with Crippen LogP contribution in [0.4, 0.5) is 5.69 Å². The molecule has 0 radical (unpaired) electrons. The summed E-state index contributed by atoms with van der Waals surface area (Å²) in [6, 6.07) is 10.7. The molecule has 0 N–H and O–H groups in total. The first-order valence-electron chi connectivity index (χ1n) is 8.49. The van der Waals surface area contributed by atoms with Crippen LogP contribution < -0.4 is 9.04 Å². The Morgan fingerprint density at radius 2 is 1.93 bits per heavy atom. The Morgan fingerprint density at radius 1 is 1.25 bits per heavy atom. The van der Waals surface area contributed by atoms with E-state index in [1.54, 1.807) is 38.1 Å². The number of rotatable bonds is 8. The predicted octanol–water partition coefficient (Wildman–Crippen LogP) is 4.30. The SMILES string of the molecule is C=CCN(c1ccccc1OC)S(=O)(=O)c1ccc(Cl)c(C(=O)OC(C)C)c1. The molecule has 2 rings (SSSR count). The van der Waals surface area contributed by atoms with Crippen LogP contribution in [0.5, 0.6) is 5.75 Å². The molecule has 28 heavy (non-hydrogen) atoms. The van der Waals surface area contributed by atoms with Crippen LogP contribution in [0.2, 0.25) is 5.02 Å². The number of anilines is 1. The van der Waals surface area contributed by atoms with Gasteiger partial charge in [-0.05, 0) is 44.2 Å². The van der Waals surface area contributed by atoms with E-state index in [1.165, 1.54) is 31.4 Å². The van der Waals surface area contributed by atoms with Crippen molar-refractivity contribution in [2.24, 2.45) is 0 Å². The lowest BCUT2D eigenvalue weighted by atomic mass is 10.2. The number of methoxy groups -OCH3 is 1. The Morgan fingerprint density at radius 3 is 2.54 bits per heavy atom. The van der Waals surface area contributed by atoms with Crippen LogP contribution >= 0.6 is 11.6 Å². The standard InChI is InChI=1S/C20H22ClNO5S/c1-5-12-22(18-8-6-7-9-19(18)26-4)28(24,25)15-10-11-17(21)16(13-15)20(23)27-14(2)3/h5-11,13-14H,1,12H2,2-4H3. The Balaban J connectivity index is 2.57. The van der Waals surface area contributed by atoms with E-state index >= 15 is 0 Å². The molecule has 0 aliphatic heterocycles. The van der Waals surface area contributed by atoms with Gasteiger partial charge < -0.3 is 9.47 Å². The van der Waals surface area contributed by atoms with Crippen molar-refractivity contribution in [3.63, 3.8) is 0 Å². The van der Waals surface area contributed by atoms with E-state index in [4.69, 9.17) is 21.1 Å². The summed E-state index contributed by atoms with van der Waals surface area (Å²) in [5.41, 5.74) is 0.334. The molecule has 2 aromatic carbocycles. The monoisotopic (exact) mass is 423 g/mol. The molecule has 0 fully saturated rings. The van der Waals surface area contributed by atoms with Crippen molar-refractivity contribution in [3.05, 3.63) is 65.7 Å². The van der Waals surface area contributed by atoms with E-state index in [-0.39, 0.29) is 28.1 Å². The van der Waals surface area contributed by atoms with Gasteiger partial charge in [0, 0.05) is 0 Å². The molecular formula is C20H22ClNO5S. The summed E-state index contributed by atoms with van der Waals surface area (Å²) in [5, 5.41) is 0.108. The van der Waals surface area contributed by atoms with E-state index in [0.29, 0.717) is 11.4 Å². The maximum absolute atomic E-state index is 13.3. The highest BCUT2D eigenvalue weighted by Gasteiger charge is 2.28. The summed E-state index contributed by atoms with van der Waals surface area (Å²) in [7, 11) is -2.58. The average Bonchev–Trinajstić information content (AvgIpc) is 2.65. The number of carbonyl (C=O) groups excluding carboxylic acids is 1. The second kappa shape index (κ2) is 9.12. The molecule has 0 aromatic heterocycles. The second-order valence-corrected chi connectivity index (χ2v) is 8.36. The molecule has 0 aliphatic carbocycles. The Bertz CT molecular complexity index is 972. The highest BCUT2D eigenvalue weighted by atomic mass is 35.5. The Labute approximate surface area is 170 Å². The minimum atomic E-state index is -4.03. The number of hydrogen-bond donors (Lipinski definition) is 0. The molecule has 0 amide bonds. The zero-order valence-electron chi connectivity index (χ0n) is 15.9. The fourth-order valence-corrected chi connectivity index (χ4v) is 4.17. The number of benzene rings is 2. The molecule has 2 aromatic rings. The average molecular weight is 424 g/mol. The van der Waals surface area contributed by atoms with Crippen LogP contribution in [0.3, 0.4) is 0 Å². The maximum Gasteiger partial charge on any atom is 0.339 e. The third-order valence-electron chi connectivity index (χ3n) is 3.74. The van der Waals surface area contributed by atoms with E-state index < -0.39 is 16.0 Å². The Hall–Kier alpha value is -2.51. The van der Waals surface area contributed by atoms with Crippen molar-refractivity contribution in [2.45, 2.75) is 24.8 Å². The van der Waals surface area contributed by atoms with E-state index in [1.807, 2.05) is 0 Å². The van der Waals surface area contributed by atoms with Crippen molar-refractivity contribution in [1.29, 1.82) is 0 Å². The molecule has 0 spiro atoms. The molecule has 150 valence electrons. The van der Waals surface area contributed by atoms with Crippen molar-refractivity contribution in [3.8, 4) is 5.75 Å². The molecule has 0 atom stereocenters. The summed E-state index contributed by atoms with van der Waals surface area (Å²) >= 11 is 6.08. The lowest BCUT2D eigenvalue weighted by molar-refractivity contribution is 0.0378. The number of sulfonamides is 1. The zero-order chi connectivity index (χ0) is 20.9. The largest absolute Gasteiger partial charge is 0.495 e. The number of halogens is 1. The number of nitrogens with zero attached hydrogens (tertiary/aromatic N) is 1. The lowest BCUT2D eigenvalue weighted by Crippen LogP contribution is -2.31. The maximum atomic E-state index is 13.3. The van der Waals surface area contributed by atoms with Gasteiger partial charge in [0.2, 0.25) is 0 Å². The summed E-state index contributed by atoms with van der Waals surface area (Å²) < 4.78 is 38.2. The molecule has 0 saturated carbocycles. The van der Waals surface area contributed by atoms with Crippen molar-refractivity contribution >= 4 is 33.3 Å². The summed E-state index contributed by atoms with van der Waals surface area (Å²) in [6.07, 6.45) is 1.10. The molecule has 0 unspecified atom stereocenters. The van der Waals surface area contributed by atoms with Crippen molar-refractivity contribution < 1.29 is 22.7 Å². The lowest BCUT2D eigenvalue weighted by Gasteiger charge is -2.25. The van der Waals surface area contributed by atoms with Gasteiger partial charge in [-0.1, -0.05) is 29.8 Å². The molecule has 8 heteroatoms. The fraction of sp³-hybridized carbons (Fsp3) is 0.250. The van der Waals surface area contributed by atoms with Crippen LogP contribution in [0.1, 0.15) is 24.2 Å². The highest BCUT2D eigenvalue weighted by molar-refractivity contribution is 7.92. The van der Waals surface area contributed by atoms with Crippen LogP contribution in [-0.2, 0) is 14.8 Å². The molecule has 6 nitrogen and oxygen atoms in total. The number of esters is 1. The first kappa shape index (κ1) is 21.8. The number of carbonyl (C=O) groups is 1. The highest BCUT2D eigenvalue weighted by Crippen LogP contribution is 2.33. The molecule has 0 heterocycles. The first-order valence-corrected chi connectivity index (χ1v) is 10.3. The quantitative estimate of drug-likeness (QED) is 0.467. The van der Waals surface area contributed by atoms with Gasteiger partial charge >= 0.3 is 5.97 Å². The van der Waals surface area contributed by atoms with Gasteiger partial charge in [0.1, 0.15) is 5.75 Å². The molecular weight excluding hydrogens is 402 g/mol. The van der Waals surface area contributed by atoms with Crippen LogP contribution in [-0.4, -0.2) is 34.1 Å². The minimum absolute atomic E-state index is 0.0110. The van der Waals surface area contributed by atoms with Gasteiger partial charge in [0.25, 0.3) is 10.0 Å². The third-order valence-corrected chi connectivity index (χ3v) is 5.84. The van der Waals surface area contributed by atoms with Gasteiger partial charge in [0.05, 0.1) is 40.9 Å². The van der Waals surface area contributed by atoms with Crippen LogP contribution in [0, 0.1) is 0 Å². The van der Waals surface area contributed by atoms with Gasteiger partial charge in [-0.25, -0.2) is 13.2 Å². The second-order valence-electron chi connectivity index (χ2n) is 6.09. The van der Waals surface area contributed by atoms with E-state index in [9.17, 15) is 13.2 Å². The number of para-hydroxylation sites is 2. The Kier molecular flexibility index (Phi) is 7.10. The zero-order valence-corrected chi connectivity index (χ0v) is 17.5. The van der Waals surface area contributed by atoms with Crippen LogP contribution in [0.15, 0.2) is 60.0 Å². The third kappa shape index (κ3) is 4.66. The van der Waals surface area contributed by atoms with Crippen molar-refractivity contribution in [2.75, 3.05) is 18.0 Å². The van der Waals surface area contributed by atoms with E-state index in [2.05, 4.69) is 6.58 Å². The summed E-state index contributed by atoms with van der Waals surface area (Å²) in [6.45, 7) is 7.04. The van der Waals surface area contributed by atoms with Gasteiger partial charge in [-0.3, -0.25) is 4.31 Å². The molecule has 0 aliphatic rings. The van der Waals surface area contributed by atoms with Gasteiger partial charge in [-0.2, -0.15) is 0 Å².